The van der Waals surface area contributed by atoms with Crippen molar-refractivity contribution in [2.24, 2.45) is 5.73 Å². The smallest absolute Gasteiger partial charge is 0.406 e. The Hall–Kier alpha value is -1.47. The molecule has 0 aliphatic heterocycles. The Bertz CT molecular complexity index is 456. The number of carbonyl (C=O) groups excluding carboxylic acids is 1. The van der Waals surface area contributed by atoms with Crippen LogP contribution in [0.5, 0.6) is 5.75 Å². The Morgan fingerprint density at radius 2 is 1.91 bits per heavy atom. The predicted molar refractivity (Wildman–Crippen MR) is 80.0 cm³/mol. The first kappa shape index (κ1) is 20.5. The lowest BCUT2D eigenvalue weighted by Crippen LogP contribution is -2.25. The van der Waals surface area contributed by atoms with Crippen molar-refractivity contribution in [3.8, 4) is 5.75 Å². The van der Waals surface area contributed by atoms with E-state index < -0.39 is 6.36 Å². The molecule has 0 atom stereocenters. The lowest BCUT2D eigenvalue weighted by Gasteiger charge is -2.13. The number of nitrogens with two attached hydrogens (primary N) is 1. The average molecular weight is 341 g/mol. The first-order valence-corrected chi connectivity index (χ1v) is 6.73. The van der Waals surface area contributed by atoms with Gasteiger partial charge in [0.15, 0.2) is 0 Å². The Morgan fingerprint density at radius 3 is 2.55 bits per heavy atom. The maximum atomic E-state index is 12.2. The van der Waals surface area contributed by atoms with E-state index in [-0.39, 0.29) is 36.9 Å². The highest BCUT2D eigenvalue weighted by molar-refractivity contribution is 5.85. The summed E-state index contributed by atoms with van der Waals surface area (Å²) < 4.78 is 40.7. The number of ether oxygens (including phenoxy) is 1. The minimum Gasteiger partial charge on any atom is -0.406 e. The van der Waals surface area contributed by atoms with Crippen LogP contribution in [-0.2, 0) is 11.2 Å². The topological polar surface area (TPSA) is 64.3 Å². The monoisotopic (exact) mass is 340 g/mol. The van der Waals surface area contributed by atoms with Crippen molar-refractivity contribution in [1.29, 1.82) is 0 Å². The number of amides is 1. The fraction of sp³-hybridized carbons (Fsp3) is 0.500. The van der Waals surface area contributed by atoms with E-state index in [9.17, 15) is 18.0 Å². The molecule has 0 fully saturated rings. The predicted octanol–water partition coefficient (Wildman–Crippen LogP) is 2.79. The summed E-state index contributed by atoms with van der Waals surface area (Å²) in [5.41, 5.74) is 5.68. The number of rotatable bonds is 8. The fourth-order valence-corrected chi connectivity index (χ4v) is 1.77. The number of halogens is 4. The molecule has 0 unspecified atom stereocenters. The average Bonchev–Trinajstić information content (AvgIpc) is 2.41. The molecule has 0 saturated carbocycles. The minimum absolute atomic E-state index is 0. The molecule has 0 aliphatic carbocycles. The van der Waals surface area contributed by atoms with Crippen LogP contribution in [0.15, 0.2) is 24.3 Å². The Kier molecular flexibility index (Phi) is 9.60. The zero-order chi connectivity index (χ0) is 15.7. The number of alkyl halides is 3. The van der Waals surface area contributed by atoms with Crippen molar-refractivity contribution in [2.75, 3.05) is 13.1 Å². The van der Waals surface area contributed by atoms with E-state index in [0.717, 1.165) is 12.8 Å². The lowest BCUT2D eigenvalue weighted by atomic mass is 10.1. The normalized spacial score (nSPS) is 10.7. The highest BCUT2D eigenvalue weighted by Gasteiger charge is 2.31. The molecule has 22 heavy (non-hydrogen) atoms. The van der Waals surface area contributed by atoms with Gasteiger partial charge in [0.25, 0.3) is 0 Å². The van der Waals surface area contributed by atoms with Gasteiger partial charge in [-0.3, -0.25) is 4.79 Å². The third-order valence-electron chi connectivity index (χ3n) is 2.77. The number of hydrogen-bond acceptors (Lipinski definition) is 3. The summed E-state index contributed by atoms with van der Waals surface area (Å²) in [4.78, 5) is 11.6. The highest BCUT2D eigenvalue weighted by atomic mass is 35.5. The van der Waals surface area contributed by atoms with Crippen LogP contribution in [0.25, 0.3) is 0 Å². The van der Waals surface area contributed by atoms with Gasteiger partial charge in [0.05, 0.1) is 0 Å². The SMILES string of the molecule is Cl.NCCCCNC(=O)CCc1ccccc1OC(F)(F)F. The van der Waals surface area contributed by atoms with Gasteiger partial charge in [-0.15, -0.1) is 25.6 Å². The number of nitrogens with one attached hydrogen (secondary N) is 1. The maximum Gasteiger partial charge on any atom is 0.573 e. The van der Waals surface area contributed by atoms with Crippen molar-refractivity contribution >= 4 is 18.3 Å². The Labute approximate surface area is 133 Å². The van der Waals surface area contributed by atoms with Gasteiger partial charge < -0.3 is 15.8 Å². The Balaban J connectivity index is 0.00000441. The number of benzene rings is 1. The van der Waals surface area contributed by atoms with Crippen LogP contribution in [0.2, 0.25) is 0 Å². The second-order valence-corrected chi connectivity index (χ2v) is 4.50. The van der Waals surface area contributed by atoms with E-state index in [4.69, 9.17) is 5.73 Å². The van der Waals surface area contributed by atoms with Gasteiger partial charge in [-0.1, -0.05) is 18.2 Å². The quantitative estimate of drug-likeness (QED) is 0.715. The standard InChI is InChI=1S/C14H19F3N2O2.ClH/c15-14(16,17)21-12-6-2-1-5-11(12)7-8-13(20)19-10-4-3-9-18;/h1-2,5-6H,3-4,7-10,18H2,(H,19,20);1H. The molecule has 8 heteroatoms. The van der Waals surface area contributed by atoms with Crippen molar-refractivity contribution < 1.29 is 22.7 Å². The molecule has 1 amide bonds. The molecule has 0 radical (unpaired) electrons. The van der Waals surface area contributed by atoms with Crippen LogP contribution in [-0.4, -0.2) is 25.4 Å². The summed E-state index contributed by atoms with van der Waals surface area (Å²) in [6.45, 7) is 1.09. The largest absolute Gasteiger partial charge is 0.573 e. The van der Waals surface area contributed by atoms with Crippen LogP contribution >= 0.6 is 12.4 Å². The van der Waals surface area contributed by atoms with Crippen molar-refractivity contribution in [1.82, 2.24) is 5.32 Å². The van der Waals surface area contributed by atoms with E-state index in [2.05, 4.69) is 10.1 Å². The number of carbonyl (C=O) groups is 1. The molecule has 4 nitrogen and oxygen atoms in total. The number of para-hydroxylation sites is 1. The van der Waals surface area contributed by atoms with Gasteiger partial charge in [0.1, 0.15) is 5.75 Å². The lowest BCUT2D eigenvalue weighted by molar-refractivity contribution is -0.274. The molecule has 0 aromatic heterocycles. The summed E-state index contributed by atoms with van der Waals surface area (Å²) in [6, 6.07) is 5.82. The molecule has 1 aromatic rings. The van der Waals surface area contributed by atoms with Crippen molar-refractivity contribution in [3.05, 3.63) is 29.8 Å². The molecular formula is C14H20ClF3N2O2. The molecule has 3 N–H and O–H groups in total. The second-order valence-electron chi connectivity index (χ2n) is 4.50. The third-order valence-corrected chi connectivity index (χ3v) is 2.77. The Morgan fingerprint density at radius 1 is 1.23 bits per heavy atom. The molecular weight excluding hydrogens is 321 g/mol. The van der Waals surface area contributed by atoms with E-state index in [1.54, 1.807) is 6.07 Å². The van der Waals surface area contributed by atoms with E-state index in [1.807, 2.05) is 0 Å². The van der Waals surface area contributed by atoms with Gasteiger partial charge in [0, 0.05) is 13.0 Å². The van der Waals surface area contributed by atoms with E-state index in [1.165, 1.54) is 18.2 Å². The summed E-state index contributed by atoms with van der Waals surface area (Å²) in [5.74, 6) is -0.463. The highest BCUT2D eigenvalue weighted by Crippen LogP contribution is 2.26. The fourth-order valence-electron chi connectivity index (χ4n) is 1.77. The zero-order valence-corrected chi connectivity index (χ0v) is 12.8. The van der Waals surface area contributed by atoms with Gasteiger partial charge in [-0.2, -0.15) is 0 Å². The molecule has 0 spiro atoms. The van der Waals surface area contributed by atoms with Crippen molar-refractivity contribution in [3.63, 3.8) is 0 Å². The van der Waals surface area contributed by atoms with Crippen LogP contribution in [0, 0.1) is 0 Å². The maximum absolute atomic E-state index is 12.2. The first-order valence-electron chi connectivity index (χ1n) is 6.73. The second kappa shape index (κ2) is 10.3. The number of hydrogen-bond donors (Lipinski definition) is 2. The summed E-state index contributed by atoms with van der Waals surface area (Å²) in [7, 11) is 0. The molecule has 0 saturated heterocycles. The molecule has 0 heterocycles. The van der Waals surface area contributed by atoms with Gasteiger partial charge >= 0.3 is 6.36 Å². The van der Waals surface area contributed by atoms with Crippen LogP contribution in [0.4, 0.5) is 13.2 Å². The van der Waals surface area contributed by atoms with Crippen LogP contribution in [0.1, 0.15) is 24.8 Å². The van der Waals surface area contributed by atoms with Crippen LogP contribution < -0.4 is 15.8 Å². The van der Waals surface area contributed by atoms with Gasteiger partial charge in [-0.25, -0.2) is 0 Å². The molecule has 126 valence electrons. The van der Waals surface area contributed by atoms with Gasteiger partial charge in [0.2, 0.25) is 5.91 Å². The molecule has 1 aromatic carbocycles. The zero-order valence-electron chi connectivity index (χ0n) is 12.0. The molecule has 1 rings (SSSR count). The van der Waals surface area contributed by atoms with Crippen LogP contribution in [0.3, 0.4) is 0 Å². The molecule has 0 bridgehead atoms. The number of aryl methyl sites for hydroxylation is 1. The third kappa shape index (κ3) is 8.74. The van der Waals surface area contributed by atoms with Gasteiger partial charge in [-0.05, 0) is 37.4 Å². The number of unbranched alkanes of at least 4 members (excludes halogenated alkanes) is 1. The molecule has 0 aliphatic rings. The summed E-state index contributed by atoms with van der Waals surface area (Å²) in [6.07, 6.45) is -2.82. The van der Waals surface area contributed by atoms with E-state index in [0.29, 0.717) is 18.7 Å². The first-order chi connectivity index (χ1) is 9.92. The van der Waals surface area contributed by atoms with Crippen molar-refractivity contribution in [2.45, 2.75) is 32.0 Å². The summed E-state index contributed by atoms with van der Waals surface area (Å²) in [5, 5.41) is 2.70. The summed E-state index contributed by atoms with van der Waals surface area (Å²) >= 11 is 0. The minimum atomic E-state index is -4.74. The van der Waals surface area contributed by atoms with E-state index >= 15 is 0 Å².